The van der Waals surface area contributed by atoms with E-state index >= 15 is 0 Å². The van der Waals surface area contributed by atoms with Crippen molar-refractivity contribution in [2.75, 3.05) is 31.6 Å². The fourth-order valence-corrected chi connectivity index (χ4v) is 3.72. The van der Waals surface area contributed by atoms with Crippen LogP contribution in [0, 0.1) is 5.82 Å². The zero-order chi connectivity index (χ0) is 19.7. The lowest BCUT2D eigenvalue weighted by Gasteiger charge is -2.42. The van der Waals surface area contributed by atoms with Crippen molar-refractivity contribution in [3.63, 3.8) is 0 Å². The molecule has 144 valence electrons. The molecule has 0 bridgehead atoms. The van der Waals surface area contributed by atoms with Crippen LogP contribution in [0.1, 0.15) is 18.4 Å². The van der Waals surface area contributed by atoms with Gasteiger partial charge in [-0.25, -0.2) is 14.2 Å². The van der Waals surface area contributed by atoms with Crippen LogP contribution in [0.4, 0.5) is 14.9 Å². The molecule has 6 heteroatoms. The number of methoxy groups -OCH3 is 1. The smallest absolute Gasteiger partial charge is 0.324 e. The van der Waals surface area contributed by atoms with Crippen molar-refractivity contribution in [1.82, 2.24) is 9.88 Å². The second-order valence-electron chi connectivity index (χ2n) is 6.90. The maximum Gasteiger partial charge on any atom is 0.324 e. The number of benzene rings is 2. The summed E-state index contributed by atoms with van der Waals surface area (Å²) in [5, 5.41) is 1.94. The molecule has 1 fully saturated rings. The van der Waals surface area contributed by atoms with Crippen LogP contribution >= 0.6 is 0 Å². The molecule has 1 aliphatic rings. The quantitative estimate of drug-likeness (QED) is 0.674. The monoisotopic (exact) mass is 379 g/mol. The van der Waals surface area contributed by atoms with Crippen LogP contribution in [0.2, 0.25) is 0 Å². The average molecular weight is 379 g/mol. The Kier molecular flexibility index (Phi) is 4.86. The van der Waals surface area contributed by atoms with E-state index in [1.807, 2.05) is 36.1 Å². The summed E-state index contributed by atoms with van der Waals surface area (Å²) in [4.78, 5) is 20.7. The van der Waals surface area contributed by atoms with Gasteiger partial charge in [-0.05, 0) is 41.5 Å². The number of fused-ring (bicyclic) bond motifs is 1. The van der Waals surface area contributed by atoms with Gasteiger partial charge in [-0.15, -0.1) is 0 Å². The molecule has 5 nitrogen and oxygen atoms in total. The first kappa shape index (κ1) is 18.2. The highest BCUT2D eigenvalue weighted by Gasteiger charge is 2.35. The maximum absolute atomic E-state index is 13.5. The molecule has 2 amide bonds. The number of nitrogens with zero attached hydrogens (tertiary/aromatic N) is 3. The van der Waals surface area contributed by atoms with E-state index in [-0.39, 0.29) is 17.8 Å². The normalized spacial score (nSPS) is 14.0. The van der Waals surface area contributed by atoms with Gasteiger partial charge in [0.05, 0.1) is 19.0 Å². The summed E-state index contributed by atoms with van der Waals surface area (Å²) in [6.07, 6.45) is 1.65. The Morgan fingerprint density at radius 2 is 2.07 bits per heavy atom. The third kappa shape index (κ3) is 3.26. The number of likely N-dealkylation sites (tertiary alicyclic amines) is 1. The predicted octanol–water partition coefficient (Wildman–Crippen LogP) is 4.43. The summed E-state index contributed by atoms with van der Waals surface area (Å²) in [6.45, 7) is 3.80. The number of aromatic nitrogens is 1. The van der Waals surface area contributed by atoms with E-state index < -0.39 is 0 Å². The molecule has 0 aliphatic carbocycles. The number of carbonyl (C=O) groups excluding carboxylic acids is 1. The van der Waals surface area contributed by atoms with Crippen LogP contribution in [0.15, 0.2) is 54.7 Å². The van der Waals surface area contributed by atoms with Crippen LogP contribution in [-0.4, -0.2) is 42.7 Å². The third-order valence-corrected chi connectivity index (χ3v) is 5.26. The lowest BCUT2D eigenvalue weighted by atomic mass is 9.88. The third-order valence-electron chi connectivity index (χ3n) is 5.26. The molecule has 4 rings (SSSR count). The second kappa shape index (κ2) is 7.46. The van der Waals surface area contributed by atoms with Crippen molar-refractivity contribution in [1.29, 1.82) is 0 Å². The molecule has 1 aliphatic heterocycles. The first-order chi connectivity index (χ1) is 13.6. The van der Waals surface area contributed by atoms with Gasteiger partial charge in [-0.3, -0.25) is 4.90 Å². The van der Waals surface area contributed by atoms with Gasteiger partial charge in [0, 0.05) is 31.6 Å². The predicted molar refractivity (Wildman–Crippen MR) is 107 cm³/mol. The number of urea groups is 1. The number of halogens is 1. The standard InChI is InChI=1S/C22H22FN3O2/c1-3-26(18-8-10-21(28-2)24-12-18)22(27)25-13-16(14-25)19-6-4-5-15-11-17(23)7-9-20(15)19/h4-12,16H,3,13-14H2,1-2H3. The Labute approximate surface area is 163 Å². The number of carbonyl (C=O) groups is 1. The van der Waals surface area contributed by atoms with E-state index in [0.29, 0.717) is 25.5 Å². The Morgan fingerprint density at radius 1 is 1.25 bits per heavy atom. The zero-order valence-corrected chi connectivity index (χ0v) is 15.9. The number of hydrogen-bond donors (Lipinski definition) is 0. The number of pyridine rings is 1. The topological polar surface area (TPSA) is 45.7 Å². The van der Waals surface area contributed by atoms with Crippen molar-refractivity contribution in [3.8, 4) is 5.88 Å². The van der Waals surface area contributed by atoms with Crippen molar-refractivity contribution >= 4 is 22.5 Å². The Morgan fingerprint density at radius 3 is 2.75 bits per heavy atom. The van der Waals surface area contributed by atoms with Gasteiger partial charge in [0.1, 0.15) is 5.82 Å². The minimum atomic E-state index is -0.234. The van der Waals surface area contributed by atoms with E-state index in [1.54, 1.807) is 30.3 Å². The zero-order valence-electron chi connectivity index (χ0n) is 15.9. The molecule has 1 aromatic heterocycles. The van der Waals surface area contributed by atoms with Crippen LogP contribution in [-0.2, 0) is 0 Å². The molecule has 0 spiro atoms. The van der Waals surface area contributed by atoms with E-state index in [1.165, 1.54) is 6.07 Å². The van der Waals surface area contributed by atoms with Gasteiger partial charge in [-0.1, -0.05) is 24.3 Å². The van der Waals surface area contributed by atoms with Crippen LogP contribution in [0.25, 0.3) is 10.8 Å². The molecule has 28 heavy (non-hydrogen) atoms. The molecule has 0 unspecified atom stereocenters. The van der Waals surface area contributed by atoms with Crippen LogP contribution < -0.4 is 9.64 Å². The Bertz CT molecular complexity index is 1000. The minimum Gasteiger partial charge on any atom is -0.481 e. The second-order valence-corrected chi connectivity index (χ2v) is 6.90. The molecular weight excluding hydrogens is 357 g/mol. The van der Waals surface area contributed by atoms with Crippen molar-refractivity contribution in [2.24, 2.45) is 0 Å². The van der Waals surface area contributed by atoms with Gasteiger partial charge in [-0.2, -0.15) is 0 Å². The summed E-state index contributed by atoms with van der Waals surface area (Å²) < 4.78 is 18.6. The van der Waals surface area contributed by atoms with Crippen molar-refractivity contribution < 1.29 is 13.9 Å². The number of ether oxygens (including phenoxy) is 1. The highest BCUT2D eigenvalue weighted by atomic mass is 19.1. The number of amides is 2. The molecule has 0 radical (unpaired) electrons. The van der Waals surface area contributed by atoms with Crippen molar-refractivity contribution in [2.45, 2.75) is 12.8 Å². The fraction of sp³-hybridized carbons (Fsp3) is 0.273. The lowest BCUT2D eigenvalue weighted by Crippen LogP contribution is -2.54. The summed E-state index contributed by atoms with van der Waals surface area (Å²) in [6, 6.07) is 14.4. The first-order valence-corrected chi connectivity index (χ1v) is 9.35. The SMILES string of the molecule is CCN(C(=O)N1CC(c2cccc3cc(F)ccc23)C1)c1ccc(OC)nc1. The van der Waals surface area contributed by atoms with Gasteiger partial charge in [0.25, 0.3) is 0 Å². The number of anilines is 1. The molecular formula is C22H22FN3O2. The molecule has 3 aromatic rings. The highest BCUT2D eigenvalue weighted by molar-refractivity contribution is 5.93. The Hall–Kier alpha value is -3.15. The van der Waals surface area contributed by atoms with Crippen LogP contribution in [0.5, 0.6) is 5.88 Å². The van der Waals surface area contributed by atoms with E-state index in [9.17, 15) is 9.18 Å². The average Bonchev–Trinajstić information content (AvgIpc) is 2.68. The van der Waals surface area contributed by atoms with E-state index in [0.717, 1.165) is 22.0 Å². The van der Waals surface area contributed by atoms with E-state index in [4.69, 9.17) is 4.74 Å². The molecule has 2 aromatic carbocycles. The van der Waals surface area contributed by atoms with Gasteiger partial charge < -0.3 is 9.64 Å². The molecule has 1 saturated heterocycles. The lowest BCUT2D eigenvalue weighted by molar-refractivity contribution is 0.158. The van der Waals surface area contributed by atoms with Gasteiger partial charge >= 0.3 is 6.03 Å². The largest absolute Gasteiger partial charge is 0.481 e. The van der Waals surface area contributed by atoms with Gasteiger partial charge in [0.2, 0.25) is 5.88 Å². The number of hydrogen-bond acceptors (Lipinski definition) is 3. The summed E-state index contributed by atoms with van der Waals surface area (Å²) in [7, 11) is 1.56. The Balaban J connectivity index is 1.49. The maximum atomic E-state index is 13.5. The van der Waals surface area contributed by atoms with E-state index in [2.05, 4.69) is 11.1 Å². The molecule has 2 heterocycles. The molecule has 0 atom stereocenters. The summed E-state index contributed by atoms with van der Waals surface area (Å²) >= 11 is 0. The fourth-order valence-electron chi connectivity index (χ4n) is 3.72. The molecule has 0 N–H and O–H groups in total. The molecule has 0 saturated carbocycles. The van der Waals surface area contributed by atoms with Crippen molar-refractivity contribution in [3.05, 3.63) is 66.1 Å². The van der Waals surface area contributed by atoms with Gasteiger partial charge in [0.15, 0.2) is 0 Å². The first-order valence-electron chi connectivity index (χ1n) is 9.35. The number of rotatable bonds is 4. The minimum absolute atomic E-state index is 0.0306. The summed E-state index contributed by atoms with van der Waals surface area (Å²) in [5.41, 5.74) is 1.91. The highest BCUT2D eigenvalue weighted by Crippen LogP contribution is 2.33. The summed E-state index contributed by atoms with van der Waals surface area (Å²) in [5.74, 6) is 0.538. The van der Waals surface area contributed by atoms with Crippen LogP contribution in [0.3, 0.4) is 0 Å².